The first-order valence-electron chi connectivity index (χ1n) is 13.8. The van der Waals surface area contributed by atoms with Gasteiger partial charge in [0.1, 0.15) is 18.4 Å². The molecule has 0 saturated carbocycles. The zero-order valence-electron chi connectivity index (χ0n) is 23.7. The summed E-state index contributed by atoms with van der Waals surface area (Å²) in [5.41, 5.74) is 3.82. The van der Waals surface area contributed by atoms with Crippen LogP contribution in [0.1, 0.15) is 40.1 Å². The second-order valence-corrected chi connectivity index (χ2v) is 14.2. The van der Waals surface area contributed by atoms with Gasteiger partial charge < -0.3 is 9.47 Å². The zero-order chi connectivity index (χ0) is 31.5. The molecule has 3 aromatic carbocycles. The number of hydrogen-bond donors (Lipinski definition) is 0. The molecule has 0 amide bonds. The third kappa shape index (κ3) is 6.55. The van der Waals surface area contributed by atoms with E-state index >= 15 is 0 Å². The van der Waals surface area contributed by atoms with Crippen LogP contribution in [0.4, 0.5) is 0 Å². The number of ether oxygens (including phenoxy) is 2. The predicted molar refractivity (Wildman–Crippen MR) is 193 cm³/mol. The highest BCUT2D eigenvalue weighted by Gasteiger charge is 2.35. The van der Waals surface area contributed by atoms with E-state index in [1.165, 1.54) is 22.7 Å². The Labute approximate surface area is 294 Å². The quantitative estimate of drug-likeness (QED) is 0.129. The number of hydrogen-bond acceptors (Lipinski definition) is 8. The van der Waals surface area contributed by atoms with Crippen LogP contribution < -0.4 is 19.6 Å². The number of rotatable bonds is 8. The number of halogens is 2. The highest BCUT2D eigenvalue weighted by atomic mass is 127. The van der Waals surface area contributed by atoms with Gasteiger partial charge in [0.25, 0.3) is 5.56 Å². The average molecular weight is 856 g/mol. The van der Waals surface area contributed by atoms with E-state index < -0.39 is 12.0 Å². The molecule has 3 heterocycles. The lowest BCUT2D eigenvalue weighted by molar-refractivity contribution is -0.138. The number of benzene rings is 3. The van der Waals surface area contributed by atoms with E-state index in [2.05, 4.69) is 51.3 Å². The number of fused-ring (bicyclic) bond motifs is 1. The summed E-state index contributed by atoms with van der Waals surface area (Å²) in [6, 6.07) is 26.1. The molecule has 2 aromatic heterocycles. The van der Waals surface area contributed by atoms with Crippen molar-refractivity contribution in [2.24, 2.45) is 4.99 Å². The number of aromatic nitrogens is 1. The zero-order valence-corrected chi connectivity index (χ0v) is 29.6. The lowest BCUT2D eigenvalue weighted by atomic mass is 9.97. The fourth-order valence-corrected chi connectivity index (χ4v) is 8.89. The Morgan fingerprint density at radius 2 is 1.80 bits per heavy atom. The van der Waals surface area contributed by atoms with Crippen LogP contribution in [0, 0.1) is 18.5 Å². The number of carbonyl (C=O) groups is 1. The Hall–Kier alpha value is -3.58. The minimum atomic E-state index is -0.670. The topological polar surface area (TPSA) is 93.7 Å². The average Bonchev–Trinajstić information content (AvgIpc) is 3.69. The van der Waals surface area contributed by atoms with Gasteiger partial charge in [-0.3, -0.25) is 9.36 Å². The molecular formula is C34H23I2N3O4S2. The predicted octanol–water partition coefficient (Wildman–Crippen LogP) is 6.66. The van der Waals surface area contributed by atoms with Crippen molar-refractivity contribution in [2.45, 2.75) is 19.6 Å². The standard InChI is InChI=1S/C34H23I2N3O4S2/c1-2-42-33(41)28-29(23-7-4-3-5-8-23)38-34-39(30(28)26-9-6-14-44-26)32(40)27(45-34)17-22-15-24(35)31(25(36)16-22)43-19-21-12-10-20(18-37)11-13-21/h3-17,30H,2,19H2,1H3/b27-17-/t30-/m0/s1. The lowest BCUT2D eigenvalue weighted by Gasteiger charge is -2.24. The molecule has 1 aliphatic rings. The normalized spacial score (nSPS) is 14.4. The molecule has 5 aromatic rings. The minimum Gasteiger partial charge on any atom is -0.487 e. The van der Waals surface area contributed by atoms with Crippen molar-refractivity contribution in [2.75, 3.05) is 6.61 Å². The summed E-state index contributed by atoms with van der Waals surface area (Å²) >= 11 is 7.27. The minimum absolute atomic E-state index is 0.205. The SMILES string of the molecule is CCOC(=O)C1=C(c2ccccc2)N=c2s/c(=C\c3cc(I)c(OCc4ccc(C#N)cc4)c(I)c3)c(=O)n2[C@H]1c1cccs1. The van der Waals surface area contributed by atoms with Gasteiger partial charge in [-0.2, -0.15) is 5.26 Å². The molecule has 45 heavy (non-hydrogen) atoms. The van der Waals surface area contributed by atoms with Crippen LogP contribution in [-0.2, 0) is 16.1 Å². The van der Waals surface area contributed by atoms with E-state index in [0.717, 1.165) is 34.5 Å². The van der Waals surface area contributed by atoms with E-state index in [-0.39, 0.29) is 12.2 Å². The van der Waals surface area contributed by atoms with Crippen LogP contribution in [0.15, 0.2) is 99.6 Å². The van der Waals surface area contributed by atoms with Crippen molar-refractivity contribution >= 4 is 85.6 Å². The first kappa shape index (κ1) is 31.4. The molecule has 1 aliphatic heterocycles. The van der Waals surface area contributed by atoms with Crippen LogP contribution in [0.25, 0.3) is 11.8 Å². The van der Waals surface area contributed by atoms with Crippen molar-refractivity contribution in [3.63, 3.8) is 0 Å². The first-order valence-corrected chi connectivity index (χ1v) is 17.7. The molecule has 0 unspecified atom stereocenters. The van der Waals surface area contributed by atoms with Crippen molar-refractivity contribution in [1.82, 2.24) is 4.57 Å². The number of carbonyl (C=O) groups excluding carboxylic acids is 1. The van der Waals surface area contributed by atoms with Crippen molar-refractivity contribution in [1.29, 1.82) is 5.26 Å². The van der Waals surface area contributed by atoms with Gasteiger partial charge in [0, 0.05) is 10.4 Å². The van der Waals surface area contributed by atoms with Gasteiger partial charge in [0.05, 0.1) is 41.2 Å². The van der Waals surface area contributed by atoms with Crippen LogP contribution in [0.2, 0.25) is 0 Å². The van der Waals surface area contributed by atoms with E-state index in [1.807, 2.05) is 78.2 Å². The molecule has 0 bridgehead atoms. The molecule has 7 nitrogen and oxygen atoms in total. The fraction of sp³-hybridized carbons (Fsp3) is 0.118. The highest BCUT2D eigenvalue weighted by Crippen LogP contribution is 2.37. The number of nitrogens with zero attached hydrogens (tertiary/aromatic N) is 3. The molecule has 0 aliphatic carbocycles. The molecular weight excluding hydrogens is 832 g/mol. The fourth-order valence-electron chi connectivity index (χ4n) is 4.94. The maximum atomic E-state index is 14.1. The Kier molecular flexibility index (Phi) is 9.64. The molecule has 11 heteroatoms. The Morgan fingerprint density at radius 1 is 1.07 bits per heavy atom. The number of thiazole rings is 1. The van der Waals surface area contributed by atoms with Gasteiger partial charge in [-0.15, -0.1) is 11.3 Å². The van der Waals surface area contributed by atoms with Gasteiger partial charge in [-0.1, -0.05) is 59.9 Å². The number of esters is 1. The van der Waals surface area contributed by atoms with Gasteiger partial charge in [0.2, 0.25) is 0 Å². The maximum absolute atomic E-state index is 14.1. The number of nitriles is 1. The largest absolute Gasteiger partial charge is 0.487 e. The van der Waals surface area contributed by atoms with E-state index in [9.17, 15) is 9.59 Å². The van der Waals surface area contributed by atoms with Crippen LogP contribution >= 0.6 is 67.9 Å². The van der Waals surface area contributed by atoms with Crippen LogP contribution in [0.3, 0.4) is 0 Å². The van der Waals surface area contributed by atoms with E-state index in [4.69, 9.17) is 19.7 Å². The van der Waals surface area contributed by atoms with E-state index in [1.54, 1.807) is 23.6 Å². The highest BCUT2D eigenvalue weighted by molar-refractivity contribution is 14.1. The molecule has 0 radical (unpaired) electrons. The summed E-state index contributed by atoms with van der Waals surface area (Å²) in [6.45, 7) is 2.34. The van der Waals surface area contributed by atoms with Gasteiger partial charge >= 0.3 is 5.97 Å². The summed E-state index contributed by atoms with van der Waals surface area (Å²) in [6.07, 6.45) is 1.86. The van der Waals surface area contributed by atoms with Crippen molar-refractivity contribution in [3.8, 4) is 11.8 Å². The second kappa shape index (κ2) is 13.8. The summed E-state index contributed by atoms with van der Waals surface area (Å²) in [4.78, 5) is 33.9. The maximum Gasteiger partial charge on any atom is 0.338 e. The summed E-state index contributed by atoms with van der Waals surface area (Å²) < 4.78 is 15.6. The van der Waals surface area contributed by atoms with Crippen molar-refractivity contribution in [3.05, 3.63) is 144 Å². The van der Waals surface area contributed by atoms with E-state index in [0.29, 0.717) is 32.8 Å². The molecule has 1 atom stereocenters. The molecule has 0 N–H and O–H groups in total. The monoisotopic (exact) mass is 855 g/mol. The third-order valence-electron chi connectivity index (χ3n) is 6.97. The molecule has 0 saturated heterocycles. The van der Waals surface area contributed by atoms with Gasteiger partial charge in [0.15, 0.2) is 4.80 Å². The first-order chi connectivity index (χ1) is 21.9. The smallest absolute Gasteiger partial charge is 0.338 e. The Morgan fingerprint density at radius 3 is 2.44 bits per heavy atom. The summed E-state index contributed by atoms with van der Waals surface area (Å²) in [5, 5.41) is 11.0. The van der Waals surface area contributed by atoms with Gasteiger partial charge in [-0.25, -0.2) is 9.79 Å². The second-order valence-electron chi connectivity index (χ2n) is 9.86. The van der Waals surface area contributed by atoms with Crippen molar-refractivity contribution < 1.29 is 14.3 Å². The molecule has 0 fully saturated rings. The number of thiophene rings is 1. The molecule has 6 rings (SSSR count). The summed E-state index contributed by atoms with van der Waals surface area (Å²) in [5.74, 6) is 0.261. The Bertz CT molecular complexity index is 2120. The van der Waals surface area contributed by atoms with Crippen LogP contribution in [0.5, 0.6) is 5.75 Å². The molecule has 224 valence electrons. The third-order valence-corrected chi connectivity index (χ3v) is 10.5. The van der Waals surface area contributed by atoms with Gasteiger partial charge in [-0.05, 0) is 105 Å². The summed E-state index contributed by atoms with van der Waals surface area (Å²) in [7, 11) is 0. The molecule has 0 spiro atoms. The van der Waals surface area contributed by atoms with Crippen LogP contribution in [-0.4, -0.2) is 17.1 Å². The Balaban J connectivity index is 1.43. The lowest BCUT2D eigenvalue weighted by Crippen LogP contribution is -2.39.